The SMILES string of the molecule is C(OCC1CO1)C1CO1.CC[Si](OC)(OC)OC. The maximum absolute atomic E-state index is 5.23. The van der Waals surface area contributed by atoms with Crippen LogP contribution in [-0.2, 0) is 27.5 Å². The van der Waals surface area contributed by atoms with Gasteiger partial charge in [0.15, 0.2) is 0 Å². The third kappa shape index (κ3) is 6.23. The third-order valence-electron chi connectivity index (χ3n) is 2.78. The molecule has 0 aliphatic carbocycles. The molecule has 2 aliphatic heterocycles. The van der Waals surface area contributed by atoms with Crippen LogP contribution in [0.15, 0.2) is 0 Å². The standard InChI is InChI=1S/C6H10O3.C5H14O3Si/c1(5-3-8-5)7-2-6-4-9-6;1-5-9(6-2,7-3)8-4/h5-6H,1-4H2;5H2,1-4H3. The van der Waals surface area contributed by atoms with Crippen LogP contribution >= 0.6 is 0 Å². The summed E-state index contributed by atoms with van der Waals surface area (Å²) < 4.78 is 30.4. The van der Waals surface area contributed by atoms with Crippen molar-refractivity contribution in [2.75, 3.05) is 47.8 Å². The predicted octanol–water partition coefficient (Wildman–Crippen LogP) is 0.685. The topological polar surface area (TPSA) is 62.0 Å². The lowest BCUT2D eigenvalue weighted by Gasteiger charge is -2.22. The number of epoxide rings is 2. The van der Waals surface area contributed by atoms with E-state index in [1.54, 1.807) is 21.3 Å². The maximum Gasteiger partial charge on any atom is 0.499 e. The highest BCUT2D eigenvalue weighted by Gasteiger charge is 2.34. The van der Waals surface area contributed by atoms with Crippen molar-refractivity contribution in [3.8, 4) is 0 Å². The second kappa shape index (κ2) is 8.21. The van der Waals surface area contributed by atoms with Gasteiger partial charge in [-0.15, -0.1) is 0 Å². The highest BCUT2D eigenvalue weighted by Crippen LogP contribution is 2.12. The molecule has 7 heteroatoms. The zero-order valence-electron chi connectivity index (χ0n) is 11.6. The van der Waals surface area contributed by atoms with E-state index < -0.39 is 8.80 Å². The fraction of sp³-hybridized carbons (Fsp3) is 1.00. The van der Waals surface area contributed by atoms with Gasteiger partial charge in [0.2, 0.25) is 0 Å². The third-order valence-corrected chi connectivity index (χ3v) is 5.51. The molecule has 0 amide bonds. The number of ether oxygens (including phenoxy) is 3. The molecule has 0 bridgehead atoms. The van der Waals surface area contributed by atoms with E-state index in [2.05, 4.69) is 0 Å². The van der Waals surface area contributed by atoms with E-state index in [0.29, 0.717) is 12.2 Å². The van der Waals surface area contributed by atoms with Gasteiger partial charge in [-0.25, -0.2) is 0 Å². The highest BCUT2D eigenvalue weighted by molar-refractivity contribution is 6.60. The smallest absolute Gasteiger partial charge is 0.377 e. The summed E-state index contributed by atoms with van der Waals surface area (Å²) in [6, 6.07) is 0.816. The van der Waals surface area contributed by atoms with Gasteiger partial charge in [0.05, 0.1) is 26.4 Å². The Bertz CT molecular complexity index is 186. The van der Waals surface area contributed by atoms with Crippen LogP contribution in [0.25, 0.3) is 0 Å². The molecule has 0 saturated carbocycles. The maximum atomic E-state index is 5.23. The summed E-state index contributed by atoms with van der Waals surface area (Å²) >= 11 is 0. The molecule has 0 aromatic carbocycles. The van der Waals surface area contributed by atoms with Crippen molar-refractivity contribution < 1.29 is 27.5 Å². The first-order valence-corrected chi connectivity index (χ1v) is 8.09. The van der Waals surface area contributed by atoms with Crippen LogP contribution in [0.1, 0.15) is 6.92 Å². The molecule has 2 rings (SSSR count). The van der Waals surface area contributed by atoms with Crippen LogP contribution < -0.4 is 0 Å². The quantitative estimate of drug-likeness (QED) is 0.481. The van der Waals surface area contributed by atoms with Crippen molar-refractivity contribution in [3.05, 3.63) is 0 Å². The molecular formula is C11H24O6Si. The van der Waals surface area contributed by atoms with Gasteiger partial charge in [-0.05, 0) is 0 Å². The van der Waals surface area contributed by atoms with Crippen molar-refractivity contribution in [2.24, 2.45) is 0 Å². The Kier molecular flexibility index (Phi) is 7.31. The van der Waals surface area contributed by atoms with Crippen molar-refractivity contribution in [3.63, 3.8) is 0 Å². The number of hydrogen-bond acceptors (Lipinski definition) is 6. The summed E-state index contributed by atoms with van der Waals surface area (Å²) in [7, 11) is 2.65. The molecule has 0 aromatic heterocycles. The van der Waals surface area contributed by atoms with Gasteiger partial charge < -0.3 is 27.5 Å². The molecule has 2 fully saturated rings. The minimum Gasteiger partial charge on any atom is -0.377 e. The molecule has 0 aromatic rings. The first-order chi connectivity index (χ1) is 8.69. The monoisotopic (exact) mass is 280 g/mol. The van der Waals surface area contributed by atoms with Gasteiger partial charge in [0.1, 0.15) is 12.2 Å². The first-order valence-electron chi connectivity index (χ1n) is 6.16. The van der Waals surface area contributed by atoms with Crippen LogP contribution in [0.3, 0.4) is 0 Å². The lowest BCUT2D eigenvalue weighted by molar-refractivity contribution is 0.102. The van der Waals surface area contributed by atoms with Crippen LogP contribution in [-0.4, -0.2) is 68.8 Å². The summed E-state index contributed by atoms with van der Waals surface area (Å²) in [5.41, 5.74) is 0. The Hall–Kier alpha value is -0.0231. The molecular weight excluding hydrogens is 256 g/mol. The summed E-state index contributed by atoms with van der Waals surface area (Å²) in [5, 5.41) is 0. The van der Waals surface area contributed by atoms with E-state index in [4.69, 9.17) is 27.5 Å². The van der Waals surface area contributed by atoms with Gasteiger partial charge in [0.25, 0.3) is 0 Å². The number of rotatable bonds is 8. The van der Waals surface area contributed by atoms with Crippen LogP contribution in [0.2, 0.25) is 6.04 Å². The largest absolute Gasteiger partial charge is 0.499 e. The average Bonchev–Trinajstić information content (AvgIpc) is 3.29. The summed E-state index contributed by atoms with van der Waals surface area (Å²) in [4.78, 5) is 0. The molecule has 2 aliphatic rings. The van der Waals surface area contributed by atoms with E-state index in [9.17, 15) is 0 Å². The van der Waals surface area contributed by atoms with Crippen molar-refractivity contribution in [1.82, 2.24) is 0 Å². The minimum absolute atomic E-state index is 0.392. The van der Waals surface area contributed by atoms with Gasteiger partial charge in [-0.3, -0.25) is 0 Å². The van der Waals surface area contributed by atoms with E-state index in [1.807, 2.05) is 6.92 Å². The molecule has 0 N–H and O–H groups in total. The fourth-order valence-electron chi connectivity index (χ4n) is 1.34. The van der Waals surface area contributed by atoms with Gasteiger partial charge in [0, 0.05) is 27.4 Å². The summed E-state index contributed by atoms with van der Waals surface area (Å²) in [6.07, 6.45) is 0.785. The normalized spacial score (nSPS) is 25.3. The first kappa shape index (κ1) is 16.0. The van der Waals surface area contributed by atoms with E-state index in [-0.39, 0.29) is 0 Å². The molecule has 2 atom stereocenters. The average molecular weight is 280 g/mol. The van der Waals surface area contributed by atoms with Gasteiger partial charge in [-0.2, -0.15) is 0 Å². The van der Waals surface area contributed by atoms with Gasteiger partial charge >= 0.3 is 8.80 Å². The van der Waals surface area contributed by atoms with Crippen molar-refractivity contribution >= 4 is 8.80 Å². The zero-order chi connectivity index (χ0) is 13.4. The second-order valence-electron chi connectivity index (χ2n) is 4.10. The second-order valence-corrected chi connectivity index (χ2v) is 7.39. The molecule has 108 valence electrons. The van der Waals surface area contributed by atoms with E-state index in [1.165, 1.54) is 0 Å². The van der Waals surface area contributed by atoms with Crippen molar-refractivity contribution in [2.45, 2.75) is 25.2 Å². The Morgan fingerprint density at radius 2 is 1.33 bits per heavy atom. The molecule has 2 heterocycles. The molecule has 0 spiro atoms. The van der Waals surface area contributed by atoms with E-state index >= 15 is 0 Å². The fourth-order valence-corrected chi connectivity index (χ4v) is 2.71. The minimum atomic E-state index is -2.19. The summed E-state index contributed by atoms with van der Waals surface area (Å²) in [5.74, 6) is 0. The molecule has 2 saturated heterocycles. The van der Waals surface area contributed by atoms with Crippen LogP contribution in [0.4, 0.5) is 0 Å². The van der Waals surface area contributed by atoms with Crippen molar-refractivity contribution in [1.29, 1.82) is 0 Å². The number of hydrogen-bond donors (Lipinski definition) is 0. The van der Waals surface area contributed by atoms with E-state index in [0.717, 1.165) is 32.5 Å². The predicted molar refractivity (Wildman–Crippen MR) is 67.6 cm³/mol. The Morgan fingerprint density at radius 3 is 1.50 bits per heavy atom. The van der Waals surface area contributed by atoms with Gasteiger partial charge in [-0.1, -0.05) is 6.92 Å². The summed E-state index contributed by atoms with van der Waals surface area (Å²) in [6.45, 7) is 5.25. The Morgan fingerprint density at radius 1 is 0.944 bits per heavy atom. The highest BCUT2D eigenvalue weighted by atomic mass is 28.4. The lowest BCUT2D eigenvalue weighted by Crippen LogP contribution is -2.41. The molecule has 18 heavy (non-hydrogen) atoms. The molecule has 2 unspecified atom stereocenters. The van der Waals surface area contributed by atoms with Crippen LogP contribution in [0.5, 0.6) is 0 Å². The zero-order valence-corrected chi connectivity index (χ0v) is 12.6. The molecule has 0 radical (unpaired) electrons. The van der Waals surface area contributed by atoms with Crippen LogP contribution in [0, 0.1) is 0 Å². The molecule has 6 nitrogen and oxygen atoms in total. The lowest BCUT2D eigenvalue weighted by atomic mass is 10.5. The Balaban J connectivity index is 0.000000180. The Labute approximate surface area is 110 Å².